The number of hydrogen-bond acceptors (Lipinski definition) is 5. The lowest BCUT2D eigenvalue weighted by Crippen LogP contribution is -2.38. The molecule has 192 valence electrons. The van der Waals surface area contributed by atoms with Crippen molar-refractivity contribution in [2.45, 2.75) is 53.1 Å². The highest BCUT2D eigenvalue weighted by molar-refractivity contribution is 6.30. The van der Waals surface area contributed by atoms with Crippen LogP contribution in [0, 0.1) is 12.3 Å². The van der Waals surface area contributed by atoms with Crippen LogP contribution in [0.25, 0.3) is 0 Å². The Morgan fingerprint density at radius 2 is 1.94 bits per heavy atom. The lowest BCUT2D eigenvalue weighted by molar-refractivity contribution is -0.118. The summed E-state index contributed by atoms with van der Waals surface area (Å²) in [4.78, 5) is 30.9. The Morgan fingerprint density at radius 1 is 1.19 bits per heavy atom. The van der Waals surface area contributed by atoms with Crippen molar-refractivity contribution in [1.29, 1.82) is 0 Å². The number of anilines is 2. The summed E-state index contributed by atoms with van der Waals surface area (Å²) in [6.07, 6.45) is 1.17. The number of aryl methyl sites for hydroxylation is 1. The number of halogens is 1. The Hall–Kier alpha value is -2.67. The van der Waals surface area contributed by atoms with Gasteiger partial charge in [0.05, 0.1) is 17.4 Å². The summed E-state index contributed by atoms with van der Waals surface area (Å²) in [5.41, 5.74) is 6.03. The van der Waals surface area contributed by atoms with Crippen LogP contribution in [-0.2, 0) is 16.1 Å². The van der Waals surface area contributed by atoms with Crippen molar-refractivity contribution in [3.63, 3.8) is 0 Å². The topological polar surface area (TPSA) is 64.7 Å². The van der Waals surface area contributed by atoms with E-state index in [9.17, 15) is 9.59 Å². The number of allylic oxidation sites excluding steroid dienone is 1. The number of ketones is 1. The number of carbonyl (C=O) groups excluding carboxylic acids is 2. The van der Waals surface area contributed by atoms with Crippen LogP contribution in [0.2, 0.25) is 5.02 Å². The second-order valence-electron chi connectivity index (χ2n) is 11.1. The van der Waals surface area contributed by atoms with Crippen LogP contribution >= 0.6 is 11.6 Å². The molecule has 1 atom stereocenters. The molecular formula is C29H37ClN4O2. The minimum atomic E-state index is -0.517. The van der Waals surface area contributed by atoms with Crippen LogP contribution in [0.5, 0.6) is 0 Å². The predicted octanol–water partition coefficient (Wildman–Crippen LogP) is 5.46. The molecule has 1 amide bonds. The molecule has 6 nitrogen and oxygen atoms in total. The highest BCUT2D eigenvalue weighted by Crippen LogP contribution is 2.49. The fourth-order valence-corrected chi connectivity index (χ4v) is 5.55. The Morgan fingerprint density at radius 3 is 2.61 bits per heavy atom. The van der Waals surface area contributed by atoms with E-state index in [0.717, 1.165) is 59.8 Å². The second kappa shape index (κ2) is 10.4. The summed E-state index contributed by atoms with van der Waals surface area (Å²) in [5, 5.41) is 7.73. The zero-order valence-electron chi connectivity index (χ0n) is 22.2. The second-order valence-corrected chi connectivity index (χ2v) is 11.5. The highest BCUT2D eigenvalue weighted by atomic mass is 35.5. The molecule has 0 aromatic heterocycles. The standard InChI is InChI=1S/C29H37ClN4O2/c1-18-13-21(30)8-9-22(18)28-27-24(15-29(3,4)16-26(27)36)32-23-14-20(17-31-11-12-33(5)6)7-10-25(23)34(28)19(2)35/h7-10,13-14,28,31-32H,11-12,15-17H2,1-6H3. The normalized spacial score (nSPS) is 19.1. The maximum atomic E-state index is 13.7. The van der Waals surface area contributed by atoms with Crippen molar-refractivity contribution < 1.29 is 9.59 Å². The van der Waals surface area contributed by atoms with Gasteiger partial charge in [0.25, 0.3) is 0 Å². The zero-order chi connectivity index (χ0) is 26.2. The van der Waals surface area contributed by atoms with Crippen LogP contribution < -0.4 is 15.5 Å². The Labute approximate surface area is 219 Å². The van der Waals surface area contributed by atoms with E-state index in [2.05, 4.69) is 55.6 Å². The summed E-state index contributed by atoms with van der Waals surface area (Å²) >= 11 is 6.28. The molecule has 1 heterocycles. The molecule has 2 N–H and O–H groups in total. The average Bonchev–Trinajstić information content (AvgIpc) is 2.89. The van der Waals surface area contributed by atoms with Crippen molar-refractivity contribution in [3.8, 4) is 0 Å². The van der Waals surface area contributed by atoms with Gasteiger partial charge in [0.2, 0.25) is 5.91 Å². The van der Waals surface area contributed by atoms with Gasteiger partial charge in [-0.3, -0.25) is 14.5 Å². The quantitative estimate of drug-likeness (QED) is 0.507. The number of fused-ring (bicyclic) bond motifs is 1. The number of likely N-dealkylation sites (N-methyl/N-ethyl adjacent to an activating group) is 1. The van der Waals surface area contributed by atoms with Gasteiger partial charge in [0.15, 0.2) is 5.78 Å². The van der Waals surface area contributed by atoms with Gasteiger partial charge in [0, 0.05) is 49.3 Å². The Bertz CT molecular complexity index is 1220. The molecule has 2 aromatic carbocycles. The summed E-state index contributed by atoms with van der Waals surface area (Å²) in [6, 6.07) is 11.3. The molecule has 7 heteroatoms. The predicted molar refractivity (Wildman–Crippen MR) is 147 cm³/mol. The van der Waals surface area contributed by atoms with E-state index in [0.29, 0.717) is 17.0 Å². The molecule has 2 aromatic rings. The van der Waals surface area contributed by atoms with Crippen LogP contribution in [0.4, 0.5) is 11.4 Å². The number of carbonyl (C=O) groups is 2. The molecule has 0 spiro atoms. The minimum absolute atomic E-state index is 0.0812. The number of amides is 1. The van der Waals surface area contributed by atoms with Crippen molar-refractivity contribution in [2.75, 3.05) is 37.4 Å². The molecule has 4 rings (SSSR count). The SMILES string of the molecule is CC(=O)N1c2ccc(CNCCN(C)C)cc2NC2=C(C(=O)CC(C)(C)C2)C1c1ccc(Cl)cc1C. The molecule has 1 aliphatic carbocycles. The van der Waals surface area contributed by atoms with Gasteiger partial charge in [-0.2, -0.15) is 0 Å². The van der Waals surface area contributed by atoms with Gasteiger partial charge in [-0.05, 0) is 73.8 Å². The zero-order valence-corrected chi connectivity index (χ0v) is 22.9. The lowest BCUT2D eigenvalue weighted by atomic mass is 9.73. The third-order valence-corrected chi connectivity index (χ3v) is 7.22. The summed E-state index contributed by atoms with van der Waals surface area (Å²) in [6.45, 7) is 10.4. The van der Waals surface area contributed by atoms with Crippen LogP contribution in [0.3, 0.4) is 0 Å². The van der Waals surface area contributed by atoms with Crippen LogP contribution in [-0.4, -0.2) is 43.8 Å². The van der Waals surface area contributed by atoms with E-state index in [1.807, 2.05) is 31.2 Å². The molecule has 0 saturated carbocycles. The van der Waals surface area contributed by atoms with Crippen molar-refractivity contribution >= 4 is 34.7 Å². The van der Waals surface area contributed by atoms with E-state index in [4.69, 9.17) is 11.6 Å². The first kappa shape index (κ1) is 26.4. The number of nitrogens with one attached hydrogen (secondary N) is 2. The van der Waals surface area contributed by atoms with E-state index in [-0.39, 0.29) is 17.1 Å². The smallest absolute Gasteiger partial charge is 0.224 e. The van der Waals surface area contributed by atoms with Crippen molar-refractivity contribution in [3.05, 3.63) is 69.4 Å². The number of hydrogen-bond donors (Lipinski definition) is 2. The van der Waals surface area contributed by atoms with E-state index >= 15 is 0 Å². The third kappa shape index (κ3) is 5.51. The molecule has 0 saturated heterocycles. The molecule has 0 radical (unpaired) electrons. The summed E-state index contributed by atoms with van der Waals surface area (Å²) < 4.78 is 0. The molecule has 0 bridgehead atoms. The molecular weight excluding hydrogens is 472 g/mol. The maximum Gasteiger partial charge on any atom is 0.224 e. The molecule has 0 fully saturated rings. The Kier molecular flexibility index (Phi) is 7.60. The molecule has 36 heavy (non-hydrogen) atoms. The summed E-state index contributed by atoms with van der Waals surface area (Å²) in [7, 11) is 4.11. The van der Waals surface area contributed by atoms with Crippen molar-refractivity contribution in [2.24, 2.45) is 5.41 Å². The Balaban J connectivity index is 1.85. The van der Waals surface area contributed by atoms with Crippen LogP contribution in [0.1, 0.15) is 56.3 Å². The van der Waals surface area contributed by atoms with Crippen LogP contribution in [0.15, 0.2) is 47.7 Å². The number of nitrogens with zero attached hydrogens (tertiary/aromatic N) is 2. The highest BCUT2D eigenvalue weighted by Gasteiger charge is 2.43. The lowest BCUT2D eigenvalue weighted by Gasteiger charge is -2.37. The van der Waals surface area contributed by atoms with E-state index in [1.54, 1.807) is 11.8 Å². The van der Waals surface area contributed by atoms with Gasteiger partial charge in [-0.15, -0.1) is 0 Å². The summed E-state index contributed by atoms with van der Waals surface area (Å²) in [5.74, 6) is -0.0293. The molecule has 1 aliphatic heterocycles. The first-order chi connectivity index (χ1) is 17.0. The fourth-order valence-electron chi connectivity index (χ4n) is 5.32. The molecule has 1 unspecified atom stereocenters. The molecule has 2 aliphatic rings. The van der Waals surface area contributed by atoms with Crippen molar-refractivity contribution in [1.82, 2.24) is 10.2 Å². The average molecular weight is 509 g/mol. The van der Waals surface area contributed by atoms with Gasteiger partial charge < -0.3 is 15.5 Å². The number of rotatable bonds is 6. The number of Topliss-reactive ketones (excluding diaryl/α,β-unsaturated/α-hetero) is 1. The number of benzene rings is 2. The fraction of sp³-hybridized carbons (Fsp3) is 0.448. The van der Waals surface area contributed by atoms with E-state index < -0.39 is 6.04 Å². The maximum absolute atomic E-state index is 13.7. The minimum Gasteiger partial charge on any atom is -0.357 e. The largest absolute Gasteiger partial charge is 0.357 e. The van der Waals surface area contributed by atoms with E-state index in [1.165, 1.54) is 0 Å². The van der Waals surface area contributed by atoms with Gasteiger partial charge in [-0.25, -0.2) is 0 Å². The van der Waals surface area contributed by atoms with Gasteiger partial charge >= 0.3 is 0 Å². The van der Waals surface area contributed by atoms with Gasteiger partial charge in [0.1, 0.15) is 0 Å². The monoisotopic (exact) mass is 508 g/mol. The first-order valence-electron chi connectivity index (χ1n) is 12.5. The first-order valence-corrected chi connectivity index (χ1v) is 12.9. The van der Waals surface area contributed by atoms with Gasteiger partial charge in [-0.1, -0.05) is 37.6 Å². The third-order valence-electron chi connectivity index (χ3n) is 6.99.